The number of hydrogen-bond acceptors (Lipinski definition) is 6. The molecule has 1 saturated heterocycles. The Bertz CT molecular complexity index is 736. The van der Waals surface area contributed by atoms with Gasteiger partial charge in [0.2, 0.25) is 0 Å². The van der Waals surface area contributed by atoms with Crippen molar-refractivity contribution >= 4 is 5.97 Å². The zero-order valence-electron chi connectivity index (χ0n) is 14.9. The summed E-state index contributed by atoms with van der Waals surface area (Å²) < 4.78 is 12.4. The van der Waals surface area contributed by atoms with E-state index in [-0.39, 0.29) is 11.9 Å². The fraction of sp³-hybridized carbons (Fsp3) is 0.500. The zero-order chi connectivity index (χ0) is 17.8. The summed E-state index contributed by atoms with van der Waals surface area (Å²) in [6, 6.07) is 6.24. The minimum absolute atomic E-state index is 0.0930. The average Bonchev–Trinajstić information content (AvgIpc) is 3.08. The molecule has 0 unspecified atom stereocenters. The van der Waals surface area contributed by atoms with E-state index in [2.05, 4.69) is 45.7 Å². The van der Waals surface area contributed by atoms with Crippen LogP contribution in [0.2, 0.25) is 0 Å². The van der Waals surface area contributed by atoms with Crippen molar-refractivity contribution in [3.8, 4) is 5.75 Å². The fourth-order valence-corrected chi connectivity index (χ4v) is 2.90. The van der Waals surface area contributed by atoms with Gasteiger partial charge in [0.25, 0.3) is 5.82 Å². The number of methoxy groups -OCH3 is 1. The molecule has 0 atom stereocenters. The molecule has 134 valence electrons. The van der Waals surface area contributed by atoms with Gasteiger partial charge in [-0.25, -0.2) is 14.5 Å². The van der Waals surface area contributed by atoms with Gasteiger partial charge in [0.05, 0.1) is 13.8 Å². The molecule has 0 spiro atoms. The van der Waals surface area contributed by atoms with E-state index in [4.69, 9.17) is 4.74 Å². The highest BCUT2D eigenvalue weighted by molar-refractivity contribution is 5.84. The van der Waals surface area contributed by atoms with Crippen molar-refractivity contribution in [2.24, 2.45) is 0 Å². The van der Waals surface area contributed by atoms with E-state index in [1.807, 2.05) is 6.07 Å². The molecular formula is C18H24N4O3. The molecule has 0 aliphatic carbocycles. The van der Waals surface area contributed by atoms with Crippen LogP contribution in [0, 0.1) is 13.8 Å². The predicted molar refractivity (Wildman–Crippen MR) is 92.5 cm³/mol. The van der Waals surface area contributed by atoms with Crippen LogP contribution in [0.15, 0.2) is 24.5 Å². The molecule has 1 aromatic carbocycles. The maximum atomic E-state index is 11.4. The highest BCUT2D eigenvalue weighted by atomic mass is 16.5. The maximum absolute atomic E-state index is 11.4. The number of carbonyl (C=O) groups is 1. The summed E-state index contributed by atoms with van der Waals surface area (Å²) in [6.45, 7) is 6.66. The summed E-state index contributed by atoms with van der Waals surface area (Å²) in [5.74, 6) is 0.523. The quantitative estimate of drug-likeness (QED) is 0.775. The van der Waals surface area contributed by atoms with E-state index >= 15 is 0 Å². The topological polar surface area (TPSA) is 69.5 Å². The lowest BCUT2D eigenvalue weighted by Crippen LogP contribution is -2.39. The smallest absolute Gasteiger partial charge is 0.377 e. The molecule has 1 fully saturated rings. The normalized spacial score (nSPS) is 16.0. The number of likely N-dealkylation sites (tertiary alicyclic amines) is 1. The van der Waals surface area contributed by atoms with Gasteiger partial charge < -0.3 is 9.47 Å². The molecule has 1 aromatic heterocycles. The van der Waals surface area contributed by atoms with Gasteiger partial charge in [0.15, 0.2) is 0 Å². The van der Waals surface area contributed by atoms with Crippen LogP contribution in [0.4, 0.5) is 0 Å². The lowest BCUT2D eigenvalue weighted by Gasteiger charge is -2.31. The largest absolute Gasteiger partial charge is 0.490 e. The van der Waals surface area contributed by atoms with Crippen LogP contribution in [0.5, 0.6) is 5.75 Å². The van der Waals surface area contributed by atoms with Crippen molar-refractivity contribution < 1.29 is 14.3 Å². The first-order chi connectivity index (χ1) is 12.0. The second-order valence-corrected chi connectivity index (χ2v) is 6.42. The number of nitrogens with zero attached hydrogens (tertiary/aromatic N) is 4. The molecule has 3 rings (SSSR count). The molecule has 2 heterocycles. The number of aryl methyl sites for hydroxylation is 2. The molecule has 1 aliphatic heterocycles. The number of ether oxygens (including phenoxy) is 2. The first-order valence-corrected chi connectivity index (χ1v) is 8.49. The molecular weight excluding hydrogens is 320 g/mol. The minimum Gasteiger partial charge on any atom is -0.490 e. The summed E-state index contributed by atoms with van der Waals surface area (Å²) in [5, 5.41) is 4.14. The third-order valence-electron chi connectivity index (χ3n) is 4.57. The monoisotopic (exact) mass is 344 g/mol. The molecule has 0 radical (unpaired) electrons. The van der Waals surface area contributed by atoms with Gasteiger partial charge in [-0.15, -0.1) is 5.10 Å². The summed E-state index contributed by atoms with van der Waals surface area (Å²) >= 11 is 0. The molecule has 7 nitrogen and oxygen atoms in total. The van der Waals surface area contributed by atoms with Crippen molar-refractivity contribution in [1.29, 1.82) is 0 Å². The Hall–Kier alpha value is -2.41. The lowest BCUT2D eigenvalue weighted by molar-refractivity contribution is 0.0583. The Morgan fingerprint density at radius 3 is 2.68 bits per heavy atom. The van der Waals surface area contributed by atoms with Gasteiger partial charge in [0, 0.05) is 13.1 Å². The van der Waals surface area contributed by atoms with Crippen LogP contribution in [0.3, 0.4) is 0 Å². The number of carbonyl (C=O) groups excluding carboxylic acids is 1. The number of rotatable bonds is 5. The van der Waals surface area contributed by atoms with Gasteiger partial charge in [-0.2, -0.15) is 0 Å². The van der Waals surface area contributed by atoms with Gasteiger partial charge in [-0.3, -0.25) is 4.90 Å². The van der Waals surface area contributed by atoms with Crippen molar-refractivity contribution in [2.75, 3.05) is 20.2 Å². The Kier molecular flexibility index (Phi) is 5.33. The van der Waals surface area contributed by atoms with Crippen LogP contribution >= 0.6 is 0 Å². The zero-order valence-corrected chi connectivity index (χ0v) is 14.9. The number of piperidine rings is 1. The van der Waals surface area contributed by atoms with Crippen LogP contribution in [-0.2, 0) is 11.4 Å². The lowest BCUT2D eigenvalue weighted by atomic mass is 10.1. The van der Waals surface area contributed by atoms with Gasteiger partial charge in [-0.05, 0) is 49.9 Å². The first-order valence-electron chi connectivity index (χ1n) is 8.49. The molecule has 2 aromatic rings. The summed E-state index contributed by atoms with van der Waals surface area (Å²) in [6.07, 6.45) is 3.72. The van der Waals surface area contributed by atoms with Crippen LogP contribution in [0.1, 0.15) is 34.6 Å². The van der Waals surface area contributed by atoms with Crippen molar-refractivity contribution in [3.05, 3.63) is 41.5 Å². The standard InChI is InChI=1S/C18H24N4O3/c1-13-4-5-16(10-14(13)2)25-15-6-8-21(9-7-15)12-22-11-19-17(20-22)18(23)24-3/h4-5,10-11,15H,6-9,12H2,1-3H3. The Morgan fingerprint density at radius 1 is 1.24 bits per heavy atom. The maximum Gasteiger partial charge on any atom is 0.377 e. The van der Waals surface area contributed by atoms with Gasteiger partial charge in [-0.1, -0.05) is 6.07 Å². The average molecular weight is 344 g/mol. The van der Waals surface area contributed by atoms with E-state index in [1.54, 1.807) is 11.0 Å². The molecule has 7 heteroatoms. The number of esters is 1. The number of benzene rings is 1. The van der Waals surface area contributed by atoms with Gasteiger partial charge >= 0.3 is 5.97 Å². The van der Waals surface area contributed by atoms with Crippen LogP contribution in [-0.4, -0.2) is 51.9 Å². The first kappa shape index (κ1) is 17.4. The van der Waals surface area contributed by atoms with E-state index < -0.39 is 5.97 Å². The second kappa shape index (κ2) is 7.65. The Morgan fingerprint density at radius 2 is 2.00 bits per heavy atom. The summed E-state index contributed by atoms with van der Waals surface area (Å²) in [7, 11) is 1.32. The second-order valence-electron chi connectivity index (χ2n) is 6.42. The molecule has 0 N–H and O–H groups in total. The minimum atomic E-state index is -0.515. The van der Waals surface area contributed by atoms with Crippen LogP contribution < -0.4 is 4.74 Å². The van der Waals surface area contributed by atoms with Crippen molar-refractivity contribution in [1.82, 2.24) is 19.7 Å². The summed E-state index contributed by atoms with van der Waals surface area (Å²) in [4.78, 5) is 17.6. The Labute approximate surface area is 147 Å². The third-order valence-corrected chi connectivity index (χ3v) is 4.57. The van der Waals surface area contributed by atoms with E-state index in [1.165, 1.54) is 18.2 Å². The third kappa shape index (κ3) is 4.36. The molecule has 25 heavy (non-hydrogen) atoms. The van der Waals surface area contributed by atoms with Crippen molar-refractivity contribution in [2.45, 2.75) is 39.5 Å². The van der Waals surface area contributed by atoms with Gasteiger partial charge in [0.1, 0.15) is 18.2 Å². The summed E-state index contributed by atoms with van der Waals surface area (Å²) in [5.41, 5.74) is 2.53. The van der Waals surface area contributed by atoms with Crippen LogP contribution in [0.25, 0.3) is 0 Å². The Balaban J connectivity index is 1.49. The van der Waals surface area contributed by atoms with E-state index in [9.17, 15) is 4.79 Å². The highest BCUT2D eigenvalue weighted by Crippen LogP contribution is 2.21. The van der Waals surface area contributed by atoms with Crippen molar-refractivity contribution in [3.63, 3.8) is 0 Å². The predicted octanol–water partition coefficient (Wildman–Crippen LogP) is 2.18. The SMILES string of the molecule is COC(=O)c1ncn(CN2CCC(Oc3ccc(C)c(C)c3)CC2)n1. The van der Waals surface area contributed by atoms with E-state index in [0.717, 1.165) is 31.7 Å². The fourth-order valence-electron chi connectivity index (χ4n) is 2.90. The molecule has 0 bridgehead atoms. The van der Waals surface area contributed by atoms with E-state index in [0.29, 0.717) is 6.67 Å². The molecule has 0 amide bonds. The molecule has 0 saturated carbocycles. The number of hydrogen-bond donors (Lipinski definition) is 0. The highest BCUT2D eigenvalue weighted by Gasteiger charge is 2.21. The number of aromatic nitrogens is 3. The molecule has 1 aliphatic rings.